The van der Waals surface area contributed by atoms with Gasteiger partial charge in [0.1, 0.15) is 11.4 Å². The number of benzene rings is 2. The second-order valence-corrected chi connectivity index (χ2v) is 10.2. The Morgan fingerprint density at radius 3 is 2.69 bits per heavy atom. The van der Waals surface area contributed by atoms with E-state index < -0.39 is 11.6 Å². The predicted octanol–water partition coefficient (Wildman–Crippen LogP) is 4.40. The number of hydrogen-bond acceptors (Lipinski definition) is 8. The lowest BCUT2D eigenvalue weighted by molar-refractivity contribution is -0.138. The van der Waals surface area contributed by atoms with E-state index >= 15 is 0 Å². The van der Waals surface area contributed by atoms with Gasteiger partial charge in [-0.3, -0.25) is 4.79 Å². The molecule has 4 heterocycles. The Balaban J connectivity index is 1.22. The van der Waals surface area contributed by atoms with Gasteiger partial charge >= 0.3 is 5.97 Å². The van der Waals surface area contributed by atoms with Crippen LogP contribution in [0.15, 0.2) is 60.8 Å². The molecule has 2 aliphatic heterocycles. The number of nitrogens with zero attached hydrogens (tertiary/aromatic N) is 6. The molecule has 0 saturated carbocycles. The van der Waals surface area contributed by atoms with Gasteiger partial charge in [0.25, 0.3) is 0 Å². The third kappa shape index (κ3) is 4.33. The van der Waals surface area contributed by atoms with Crippen molar-refractivity contribution in [3.63, 3.8) is 0 Å². The molecule has 2 aromatic carbocycles. The number of carboxylic acid groups (broad SMARTS) is 1. The molecular formula is C25H21ClN6O3S. The van der Waals surface area contributed by atoms with Gasteiger partial charge in [-0.2, -0.15) is 4.80 Å². The quantitative estimate of drug-likeness (QED) is 0.413. The highest BCUT2D eigenvalue weighted by Gasteiger charge is 2.39. The van der Waals surface area contributed by atoms with Crippen molar-refractivity contribution in [3.05, 3.63) is 77.0 Å². The van der Waals surface area contributed by atoms with Gasteiger partial charge in [-0.05, 0) is 40.6 Å². The number of tetrazole rings is 1. The Bertz CT molecular complexity index is 1460. The first-order chi connectivity index (χ1) is 17.5. The van der Waals surface area contributed by atoms with Crippen LogP contribution in [0.3, 0.4) is 0 Å². The van der Waals surface area contributed by atoms with Gasteiger partial charge in [0, 0.05) is 36.5 Å². The number of aromatic nitrogens is 5. The largest absolute Gasteiger partial charge is 0.482 e. The number of carboxylic acids is 1. The molecule has 182 valence electrons. The van der Waals surface area contributed by atoms with Gasteiger partial charge in [0.2, 0.25) is 5.82 Å². The highest BCUT2D eigenvalue weighted by atomic mass is 35.5. The van der Waals surface area contributed by atoms with E-state index in [1.54, 1.807) is 6.20 Å². The van der Waals surface area contributed by atoms with Gasteiger partial charge < -0.3 is 14.7 Å². The molecule has 0 aliphatic carbocycles. The second-order valence-electron chi connectivity index (χ2n) is 8.76. The van der Waals surface area contributed by atoms with Crippen molar-refractivity contribution >= 4 is 39.6 Å². The molecule has 36 heavy (non-hydrogen) atoms. The Morgan fingerprint density at radius 1 is 1.14 bits per heavy atom. The minimum atomic E-state index is -1.02. The summed E-state index contributed by atoms with van der Waals surface area (Å²) in [5.41, 5.74) is 2.96. The van der Waals surface area contributed by atoms with Crippen molar-refractivity contribution in [2.75, 3.05) is 18.0 Å². The van der Waals surface area contributed by atoms with Crippen LogP contribution in [0.2, 0.25) is 5.02 Å². The molecule has 1 saturated heterocycles. The van der Waals surface area contributed by atoms with Crippen molar-refractivity contribution in [1.29, 1.82) is 0 Å². The molecule has 0 unspecified atom stereocenters. The molecule has 2 aliphatic rings. The van der Waals surface area contributed by atoms with Crippen LogP contribution in [-0.2, 0) is 11.3 Å². The summed E-state index contributed by atoms with van der Waals surface area (Å²) < 4.78 is 6.60. The Labute approximate surface area is 215 Å². The molecule has 0 atom stereocenters. The van der Waals surface area contributed by atoms with Crippen LogP contribution in [0, 0.1) is 0 Å². The van der Waals surface area contributed by atoms with Crippen molar-refractivity contribution in [2.45, 2.75) is 25.0 Å². The highest BCUT2D eigenvalue weighted by molar-refractivity contribution is 7.18. The number of piperidine rings is 1. The third-order valence-corrected chi connectivity index (χ3v) is 7.68. The van der Waals surface area contributed by atoms with Crippen LogP contribution in [0.1, 0.15) is 24.0 Å². The number of para-hydroxylation sites is 1. The number of thiazole rings is 1. The van der Waals surface area contributed by atoms with E-state index in [0.717, 1.165) is 63.2 Å². The molecule has 6 rings (SSSR count). The standard InChI is InChI=1S/C25H21ClN6O3S/c26-17-7-5-16(6-8-17)19-13-25(35-20-4-2-1-3-18(19)20)9-11-31(12-10-25)24-27-14-21(36-24)23-28-30-32(29-23)15-22(33)34/h1-8,13-14H,9-12,15H2,(H,33,34). The predicted molar refractivity (Wildman–Crippen MR) is 136 cm³/mol. The zero-order chi connectivity index (χ0) is 24.7. The monoisotopic (exact) mass is 520 g/mol. The highest BCUT2D eigenvalue weighted by Crippen LogP contribution is 2.44. The summed E-state index contributed by atoms with van der Waals surface area (Å²) in [4.78, 5) is 19.5. The molecule has 1 spiro atoms. The third-order valence-electron chi connectivity index (χ3n) is 6.38. The summed E-state index contributed by atoms with van der Waals surface area (Å²) in [7, 11) is 0. The topological polar surface area (TPSA) is 106 Å². The van der Waals surface area contributed by atoms with E-state index in [1.165, 1.54) is 11.3 Å². The number of anilines is 1. The maximum atomic E-state index is 10.9. The molecule has 1 N–H and O–H groups in total. The first-order valence-electron chi connectivity index (χ1n) is 11.5. The van der Waals surface area contributed by atoms with Gasteiger partial charge in [-0.1, -0.05) is 53.3 Å². The van der Waals surface area contributed by atoms with E-state index in [0.29, 0.717) is 10.8 Å². The number of halogens is 1. The normalized spacial score (nSPS) is 16.4. The summed E-state index contributed by atoms with van der Waals surface area (Å²) in [6, 6.07) is 16.1. The number of hydrogen-bond donors (Lipinski definition) is 1. The first kappa shape index (κ1) is 22.7. The van der Waals surface area contributed by atoms with Gasteiger partial charge in [0.15, 0.2) is 11.7 Å². The van der Waals surface area contributed by atoms with E-state index in [1.807, 2.05) is 30.3 Å². The molecule has 9 nitrogen and oxygen atoms in total. The van der Waals surface area contributed by atoms with Crippen LogP contribution in [0.5, 0.6) is 5.75 Å². The molecule has 0 bridgehead atoms. The zero-order valence-corrected chi connectivity index (χ0v) is 20.6. The molecule has 0 radical (unpaired) electrons. The van der Waals surface area contributed by atoms with Crippen LogP contribution < -0.4 is 9.64 Å². The Kier molecular flexibility index (Phi) is 5.69. The summed E-state index contributed by atoms with van der Waals surface area (Å²) in [5, 5.41) is 22.4. The molecule has 11 heteroatoms. The summed E-state index contributed by atoms with van der Waals surface area (Å²) in [5.74, 6) is 0.244. The average molecular weight is 521 g/mol. The van der Waals surface area contributed by atoms with Crippen molar-refractivity contribution in [2.24, 2.45) is 0 Å². The van der Waals surface area contributed by atoms with Crippen LogP contribution >= 0.6 is 22.9 Å². The second kappa shape index (κ2) is 9.03. The van der Waals surface area contributed by atoms with Crippen LogP contribution in [0.25, 0.3) is 16.3 Å². The number of carbonyl (C=O) groups is 1. The number of fused-ring (bicyclic) bond motifs is 1. The van der Waals surface area contributed by atoms with Crippen LogP contribution in [0.4, 0.5) is 5.13 Å². The summed E-state index contributed by atoms with van der Waals surface area (Å²) in [6.45, 7) is 1.22. The fraction of sp³-hybridized carbons (Fsp3) is 0.240. The lowest BCUT2D eigenvalue weighted by atomic mass is 9.83. The maximum absolute atomic E-state index is 10.9. The van der Waals surface area contributed by atoms with E-state index in [9.17, 15) is 4.79 Å². The molecule has 0 amide bonds. The summed E-state index contributed by atoms with van der Waals surface area (Å²) in [6.07, 6.45) is 5.59. The summed E-state index contributed by atoms with van der Waals surface area (Å²) >= 11 is 7.61. The van der Waals surface area contributed by atoms with Gasteiger partial charge in [-0.25, -0.2) is 4.98 Å². The molecule has 2 aromatic heterocycles. The van der Waals surface area contributed by atoms with Crippen LogP contribution in [-0.4, -0.2) is 55.0 Å². The fourth-order valence-corrected chi connectivity index (χ4v) is 5.62. The smallest absolute Gasteiger partial charge is 0.327 e. The van der Waals surface area contributed by atoms with Crippen molar-refractivity contribution in [1.82, 2.24) is 25.2 Å². The number of rotatable bonds is 5. The van der Waals surface area contributed by atoms with Gasteiger partial charge in [-0.15, -0.1) is 10.2 Å². The Hall–Kier alpha value is -3.76. The fourth-order valence-electron chi connectivity index (χ4n) is 4.60. The lowest BCUT2D eigenvalue weighted by Crippen LogP contribution is -2.48. The lowest BCUT2D eigenvalue weighted by Gasteiger charge is -2.43. The maximum Gasteiger partial charge on any atom is 0.327 e. The van der Waals surface area contributed by atoms with E-state index in [-0.39, 0.29) is 6.54 Å². The average Bonchev–Trinajstić information content (AvgIpc) is 3.54. The SMILES string of the molecule is O=C(O)Cn1nnc(-c2cnc(N3CCC4(C=C(c5ccc(Cl)cc5)c5ccccc5O4)CC3)s2)n1. The van der Waals surface area contributed by atoms with E-state index in [2.05, 4.69) is 49.6 Å². The van der Waals surface area contributed by atoms with Crippen molar-refractivity contribution < 1.29 is 14.6 Å². The van der Waals surface area contributed by atoms with E-state index in [4.69, 9.17) is 21.4 Å². The zero-order valence-electron chi connectivity index (χ0n) is 19.0. The van der Waals surface area contributed by atoms with Gasteiger partial charge in [0.05, 0.1) is 11.1 Å². The minimum Gasteiger partial charge on any atom is -0.482 e. The molecule has 1 fully saturated rings. The first-order valence-corrected chi connectivity index (χ1v) is 12.7. The number of aliphatic carboxylic acids is 1. The molecular weight excluding hydrogens is 500 g/mol. The minimum absolute atomic E-state index is 0.332. The molecule has 4 aromatic rings. The van der Waals surface area contributed by atoms with Crippen molar-refractivity contribution in [3.8, 4) is 16.5 Å². The Morgan fingerprint density at radius 2 is 1.92 bits per heavy atom. The number of ether oxygens (including phenoxy) is 1.